The molecule has 1 heterocycles. The molecular formula is C33H34N2O2S. The number of carbonyl (C=O) groups is 2. The van der Waals surface area contributed by atoms with E-state index < -0.39 is 0 Å². The molecule has 3 aromatic rings. The molecule has 1 aliphatic heterocycles. The van der Waals surface area contributed by atoms with Gasteiger partial charge in [-0.05, 0) is 93.0 Å². The first-order valence-electron chi connectivity index (χ1n) is 13.4. The number of aryl methyl sites for hydroxylation is 2. The molecule has 0 radical (unpaired) electrons. The van der Waals surface area contributed by atoms with Gasteiger partial charge in [0, 0.05) is 17.0 Å². The quantitative estimate of drug-likeness (QED) is 0.257. The fraction of sp³-hybridized carbons (Fsp3) is 0.273. The van der Waals surface area contributed by atoms with Crippen LogP contribution in [0, 0.1) is 13.8 Å². The number of rotatable bonds is 7. The Bertz CT molecular complexity index is 1400. The number of hydrogen-bond acceptors (Lipinski definition) is 3. The van der Waals surface area contributed by atoms with Crippen molar-refractivity contribution in [2.24, 2.45) is 0 Å². The summed E-state index contributed by atoms with van der Waals surface area (Å²) >= 11 is 1.50. The van der Waals surface area contributed by atoms with Crippen LogP contribution in [0.2, 0.25) is 0 Å². The van der Waals surface area contributed by atoms with Gasteiger partial charge in [-0.25, -0.2) is 0 Å². The Labute approximate surface area is 229 Å². The molecule has 1 N–H and O–H groups in total. The second-order valence-electron chi connectivity index (χ2n) is 10.1. The Morgan fingerprint density at radius 3 is 2.63 bits per heavy atom. The number of thioether (sulfide) groups is 1. The summed E-state index contributed by atoms with van der Waals surface area (Å²) in [5.74, 6) is -0.0641. The van der Waals surface area contributed by atoms with E-state index in [4.69, 9.17) is 0 Å². The normalized spacial score (nSPS) is 16.3. The highest BCUT2D eigenvalue weighted by Crippen LogP contribution is 2.42. The van der Waals surface area contributed by atoms with Crippen molar-refractivity contribution >= 4 is 35.3 Å². The summed E-state index contributed by atoms with van der Waals surface area (Å²) in [7, 11) is 0. The lowest BCUT2D eigenvalue weighted by atomic mass is 9.97. The number of benzene rings is 3. The summed E-state index contributed by atoms with van der Waals surface area (Å²) in [5.41, 5.74) is 7.44. The lowest BCUT2D eigenvalue weighted by molar-refractivity contribution is -0.114. The molecule has 0 saturated heterocycles. The molecule has 5 heteroatoms. The maximum Gasteiger partial charge on any atom is 0.265 e. The van der Waals surface area contributed by atoms with Crippen LogP contribution < -0.4 is 10.2 Å². The molecule has 0 unspecified atom stereocenters. The highest BCUT2D eigenvalue weighted by molar-refractivity contribution is 8.04. The van der Waals surface area contributed by atoms with E-state index in [1.807, 2.05) is 53.4 Å². The zero-order valence-corrected chi connectivity index (χ0v) is 22.9. The molecule has 0 spiro atoms. The summed E-state index contributed by atoms with van der Waals surface area (Å²) in [6, 6.07) is 21.9. The van der Waals surface area contributed by atoms with Crippen molar-refractivity contribution in [1.82, 2.24) is 5.32 Å². The van der Waals surface area contributed by atoms with E-state index in [1.54, 1.807) is 0 Å². The van der Waals surface area contributed by atoms with E-state index in [-0.39, 0.29) is 11.8 Å². The summed E-state index contributed by atoms with van der Waals surface area (Å²) in [4.78, 5) is 29.9. The molecule has 0 saturated carbocycles. The smallest absolute Gasteiger partial charge is 0.265 e. The highest BCUT2D eigenvalue weighted by atomic mass is 32.2. The van der Waals surface area contributed by atoms with Crippen LogP contribution in [0.3, 0.4) is 0 Å². The van der Waals surface area contributed by atoms with Gasteiger partial charge in [-0.1, -0.05) is 71.4 Å². The molecule has 38 heavy (non-hydrogen) atoms. The van der Waals surface area contributed by atoms with Gasteiger partial charge in [-0.2, -0.15) is 0 Å². The summed E-state index contributed by atoms with van der Waals surface area (Å²) in [5, 5.41) is 3.04. The molecule has 0 fully saturated rings. The van der Waals surface area contributed by atoms with Crippen molar-refractivity contribution in [2.75, 3.05) is 11.4 Å². The Balaban J connectivity index is 1.31. The minimum atomic E-state index is -0.0580. The monoisotopic (exact) mass is 522 g/mol. The fourth-order valence-corrected chi connectivity index (χ4v) is 6.07. The molecule has 0 atom stereocenters. The molecule has 194 valence electrons. The number of nitrogens with zero attached hydrogens (tertiary/aromatic N) is 1. The van der Waals surface area contributed by atoms with Crippen molar-refractivity contribution in [3.8, 4) is 0 Å². The third-order valence-electron chi connectivity index (χ3n) is 7.25. The lowest BCUT2D eigenvalue weighted by Gasteiger charge is -2.31. The molecule has 0 bridgehead atoms. The van der Waals surface area contributed by atoms with Crippen molar-refractivity contribution in [3.05, 3.63) is 111 Å². The first-order chi connectivity index (χ1) is 18.5. The number of fused-ring (bicyclic) bond motifs is 1. The Hall–Kier alpha value is -3.57. The predicted octanol–water partition coefficient (Wildman–Crippen LogP) is 7.60. The van der Waals surface area contributed by atoms with Gasteiger partial charge in [-0.3, -0.25) is 9.59 Å². The van der Waals surface area contributed by atoms with Crippen molar-refractivity contribution in [2.45, 2.75) is 57.4 Å². The fourth-order valence-electron chi connectivity index (χ4n) is 5.01. The van der Waals surface area contributed by atoms with Crippen molar-refractivity contribution in [3.63, 3.8) is 0 Å². The highest BCUT2D eigenvalue weighted by Gasteiger charge is 2.29. The zero-order valence-electron chi connectivity index (χ0n) is 22.1. The molecule has 5 rings (SSSR count). The molecule has 4 nitrogen and oxygen atoms in total. The second kappa shape index (κ2) is 11.9. The van der Waals surface area contributed by atoms with Gasteiger partial charge in [0.1, 0.15) is 0 Å². The summed E-state index contributed by atoms with van der Waals surface area (Å²) in [6.45, 7) is 5.36. The maximum atomic E-state index is 13.7. The number of amides is 2. The van der Waals surface area contributed by atoms with Gasteiger partial charge in [-0.15, -0.1) is 0 Å². The number of para-hydroxylation sites is 1. The molecule has 2 aliphatic rings. The van der Waals surface area contributed by atoms with Gasteiger partial charge in [0.25, 0.3) is 11.8 Å². The second-order valence-corrected chi connectivity index (χ2v) is 11.2. The third kappa shape index (κ3) is 6.11. The number of hydrogen-bond donors (Lipinski definition) is 1. The van der Waals surface area contributed by atoms with E-state index in [0.29, 0.717) is 23.6 Å². The van der Waals surface area contributed by atoms with E-state index in [9.17, 15) is 9.59 Å². The van der Waals surface area contributed by atoms with E-state index in [1.165, 1.54) is 41.3 Å². The first-order valence-corrected chi connectivity index (χ1v) is 14.2. The van der Waals surface area contributed by atoms with Crippen LogP contribution in [0.5, 0.6) is 0 Å². The molecule has 1 aliphatic carbocycles. The van der Waals surface area contributed by atoms with Crippen LogP contribution >= 0.6 is 11.8 Å². The van der Waals surface area contributed by atoms with Crippen LogP contribution in [0.4, 0.5) is 5.69 Å². The standard InChI is InChI=1S/C33H34N2O2S/c1-23-12-13-24(2)28(20-23)22-35-29-10-6-7-11-30(29)38-31(33(35)37)21-26-14-16-27(17-15-26)32(36)34-19-18-25-8-4-3-5-9-25/h6-8,10-17,20-21H,3-5,9,18-19,22H2,1-2H3,(H,34,36). The van der Waals surface area contributed by atoms with Crippen LogP contribution in [0.1, 0.15) is 64.7 Å². The van der Waals surface area contributed by atoms with Crippen LogP contribution in [-0.2, 0) is 11.3 Å². The average Bonchev–Trinajstić information content (AvgIpc) is 2.94. The maximum absolute atomic E-state index is 13.7. The van der Waals surface area contributed by atoms with E-state index >= 15 is 0 Å². The summed E-state index contributed by atoms with van der Waals surface area (Å²) < 4.78 is 0. The molecule has 2 amide bonds. The van der Waals surface area contributed by atoms with Gasteiger partial charge in [0.05, 0.1) is 17.1 Å². The Morgan fingerprint density at radius 1 is 1.03 bits per heavy atom. The van der Waals surface area contributed by atoms with Crippen LogP contribution in [-0.4, -0.2) is 18.4 Å². The summed E-state index contributed by atoms with van der Waals surface area (Å²) in [6.07, 6.45) is 10.0. The molecule has 3 aromatic carbocycles. The van der Waals surface area contributed by atoms with E-state index in [2.05, 4.69) is 49.5 Å². The number of anilines is 1. The van der Waals surface area contributed by atoms with Crippen molar-refractivity contribution < 1.29 is 9.59 Å². The number of carbonyl (C=O) groups excluding carboxylic acids is 2. The number of allylic oxidation sites excluding steroid dienone is 1. The van der Waals surface area contributed by atoms with E-state index in [0.717, 1.165) is 41.0 Å². The minimum absolute atomic E-state index is 0.00607. The molecular weight excluding hydrogens is 488 g/mol. The van der Waals surface area contributed by atoms with Crippen LogP contribution in [0.25, 0.3) is 6.08 Å². The van der Waals surface area contributed by atoms with Gasteiger partial charge in [0.2, 0.25) is 0 Å². The number of nitrogens with one attached hydrogen (secondary N) is 1. The third-order valence-corrected chi connectivity index (χ3v) is 8.33. The Kier molecular flexibility index (Phi) is 8.14. The topological polar surface area (TPSA) is 49.4 Å². The van der Waals surface area contributed by atoms with Gasteiger partial charge < -0.3 is 10.2 Å². The predicted molar refractivity (Wildman–Crippen MR) is 157 cm³/mol. The molecule has 0 aromatic heterocycles. The van der Waals surface area contributed by atoms with Gasteiger partial charge in [0.15, 0.2) is 0 Å². The first kappa shape index (κ1) is 26.1. The lowest BCUT2D eigenvalue weighted by Crippen LogP contribution is -2.34. The largest absolute Gasteiger partial charge is 0.352 e. The van der Waals surface area contributed by atoms with Crippen molar-refractivity contribution in [1.29, 1.82) is 0 Å². The Morgan fingerprint density at radius 2 is 1.84 bits per heavy atom. The minimum Gasteiger partial charge on any atom is -0.352 e. The zero-order chi connectivity index (χ0) is 26.5. The average molecular weight is 523 g/mol. The SMILES string of the molecule is Cc1ccc(C)c(CN2C(=O)C(=Cc3ccc(C(=O)NCCC4=CCCCC4)cc3)Sc3ccccc32)c1. The van der Waals surface area contributed by atoms with Crippen LogP contribution in [0.15, 0.2) is 88.2 Å². The van der Waals surface area contributed by atoms with Gasteiger partial charge >= 0.3 is 0 Å².